The molecule has 38 heavy (non-hydrogen) atoms. The third-order valence-electron chi connectivity index (χ3n) is 8.16. The Labute approximate surface area is 219 Å². The fourth-order valence-corrected chi connectivity index (χ4v) is 6.03. The highest BCUT2D eigenvalue weighted by atomic mass is 16.7. The first-order valence-corrected chi connectivity index (χ1v) is 12.5. The van der Waals surface area contributed by atoms with E-state index in [1.807, 2.05) is 0 Å². The predicted molar refractivity (Wildman–Crippen MR) is 133 cm³/mol. The maximum absolute atomic E-state index is 13.6. The van der Waals surface area contributed by atoms with E-state index in [0.29, 0.717) is 0 Å². The normalized spacial score (nSPS) is 37.0. The molecule has 3 aliphatic carbocycles. The summed E-state index contributed by atoms with van der Waals surface area (Å²) in [6.45, 7) is 2.85. The number of nitrogens with one attached hydrogen (secondary N) is 1. The lowest BCUT2D eigenvalue weighted by atomic mass is 9.65. The largest absolute Gasteiger partial charge is 0.496 e. The van der Waals surface area contributed by atoms with E-state index < -0.39 is 60.0 Å². The highest BCUT2D eigenvalue weighted by Gasteiger charge is 2.53. The summed E-state index contributed by atoms with van der Waals surface area (Å²) in [4.78, 5) is 26.1. The molecule has 0 aromatic heterocycles. The number of fused-ring (bicyclic) bond motifs is 1. The molecule has 0 amide bonds. The SMILES string of the molecule is COc1cccc2c1C(=N)C1=C(C2=O)C(O)C2=C(C1O)[C@@H](O[C@H]1C[C@H](N)[C@H](O)[C@H](C)O1)C[C@](O)(C(C)=O)C2. The monoisotopic (exact) mass is 528 g/mol. The summed E-state index contributed by atoms with van der Waals surface area (Å²) in [7, 11) is 1.41. The molecule has 4 aliphatic rings. The summed E-state index contributed by atoms with van der Waals surface area (Å²) in [5.41, 5.74) is 4.27. The molecule has 0 bridgehead atoms. The molecule has 2 unspecified atom stereocenters. The van der Waals surface area contributed by atoms with Gasteiger partial charge in [-0.05, 0) is 31.1 Å². The van der Waals surface area contributed by atoms with Crippen LogP contribution in [0.4, 0.5) is 0 Å². The van der Waals surface area contributed by atoms with E-state index in [9.17, 15) is 30.0 Å². The van der Waals surface area contributed by atoms with E-state index in [1.165, 1.54) is 20.1 Å². The van der Waals surface area contributed by atoms with Gasteiger partial charge in [-0.15, -0.1) is 0 Å². The van der Waals surface area contributed by atoms with Crippen LogP contribution < -0.4 is 10.5 Å². The summed E-state index contributed by atoms with van der Waals surface area (Å²) in [5, 5.41) is 53.4. The zero-order valence-corrected chi connectivity index (χ0v) is 21.3. The summed E-state index contributed by atoms with van der Waals surface area (Å²) < 4.78 is 17.3. The third kappa shape index (κ3) is 3.97. The maximum atomic E-state index is 13.6. The Balaban J connectivity index is 1.59. The lowest BCUT2D eigenvalue weighted by Crippen LogP contribution is -2.55. The van der Waals surface area contributed by atoms with Gasteiger partial charge in [0, 0.05) is 42.0 Å². The molecule has 5 rings (SSSR count). The number of rotatable bonds is 4. The number of Topliss-reactive ketones (excluding diaryl/α,β-unsaturated/α-hetero) is 2. The van der Waals surface area contributed by atoms with Crippen molar-refractivity contribution in [1.29, 1.82) is 5.41 Å². The van der Waals surface area contributed by atoms with Crippen molar-refractivity contribution >= 4 is 17.3 Å². The molecular formula is C27H32N2O9. The molecule has 1 aromatic rings. The zero-order chi connectivity index (χ0) is 27.7. The van der Waals surface area contributed by atoms with E-state index in [1.54, 1.807) is 19.1 Å². The van der Waals surface area contributed by atoms with Gasteiger partial charge in [0.15, 0.2) is 17.9 Å². The second kappa shape index (κ2) is 9.45. The second-order valence-electron chi connectivity index (χ2n) is 10.5. The van der Waals surface area contributed by atoms with Crippen LogP contribution >= 0.6 is 0 Å². The van der Waals surface area contributed by atoms with Gasteiger partial charge in [-0.2, -0.15) is 0 Å². The van der Waals surface area contributed by atoms with Gasteiger partial charge in [-0.1, -0.05) is 12.1 Å². The van der Waals surface area contributed by atoms with E-state index in [2.05, 4.69) is 0 Å². The van der Waals surface area contributed by atoms with Crippen molar-refractivity contribution in [2.75, 3.05) is 7.11 Å². The molecule has 0 saturated carbocycles. The van der Waals surface area contributed by atoms with Gasteiger partial charge in [0.05, 0.1) is 36.7 Å². The molecule has 8 atom stereocenters. The Kier molecular flexibility index (Phi) is 6.67. The molecule has 7 N–H and O–H groups in total. The van der Waals surface area contributed by atoms with E-state index in [-0.39, 0.29) is 64.1 Å². The van der Waals surface area contributed by atoms with Crippen molar-refractivity contribution in [2.24, 2.45) is 5.73 Å². The molecule has 0 spiro atoms. The molecule has 1 aliphatic heterocycles. The average Bonchev–Trinajstić information content (AvgIpc) is 2.87. The Morgan fingerprint density at radius 3 is 2.55 bits per heavy atom. The molecule has 1 saturated heterocycles. The van der Waals surface area contributed by atoms with Crippen molar-refractivity contribution in [3.63, 3.8) is 0 Å². The number of hydrogen-bond donors (Lipinski definition) is 6. The molecular weight excluding hydrogens is 496 g/mol. The number of carbonyl (C=O) groups is 2. The minimum Gasteiger partial charge on any atom is -0.496 e. The molecule has 1 aromatic carbocycles. The number of ketones is 2. The van der Waals surface area contributed by atoms with Crippen molar-refractivity contribution in [3.05, 3.63) is 51.6 Å². The molecule has 1 heterocycles. The Bertz CT molecular complexity index is 1280. The summed E-state index contributed by atoms with van der Waals surface area (Å²) in [6.07, 6.45) is -7.23. The fraction of sp³-hybridized carbons (Fsp3) is 0.519. The molecule has 0 radical (unpaired) electrons. The van der Waals surface area contributed by atoms with Crippen molar-refractivity contribution < 1.29 is 44.2 Å². The first kappa shape index (κ1) is 26.8. The third-order valence-corrected chi connectivity index (χ3v) is 8.16. The predicted octanol–water partition coefficient (Wildman–Crippen LogP) is -0.0898. The van der Waals surface area contributed by atoms with Crippen molar-refractivity contribution in [1.82, 2.24) is 0 Å². The highest BCUT2D eigenvalue weighted by molar-refractivity contribution is 6.30. The number of aliphatic hydroxyl groups excluding tert-OH is 3. The van der Waals surface area contributed by atoms with Crippen LogP contribution in [0.3, 0.4) is 0 Å². The van der Waals surface area contributed by atoms with Crippen molar-refractivity contribution in [3.8, 4) is 5.75 Å². The Morgan fingerprint density at radius 1 is 1.21 bits per heavy atom. The number of carbonyl (C=O) groups excluding carboxylic acids is 2. The topological polar surface area (TPSA) is 193 Å². The van der Waals surface area contributed by atoms with Gasteiger partial charge in [-0.3, -0.25) is 15.0 Å². The minimum absolute atomic E-state index is 0.0785. The summed E-state index contributed by atoms with van der Waals surface area (Å²) in [6, 6.07) is 4.05. The first-order valence-electron chi connectivity index (χ1n) is 12.5. The Hall–Kier alpha value is -2.77. The highest BCUT2D eigenvalue weighted by Crippen LogP contribution is 2.48. The molecule has 11 nitrogen and oxygen atoms in total. The van der Waals surface area contributed by atoms with Gasteiger partial charge in [-0.25, -0.2) is 0 Å². The summed E-state index contributed by atoms with van der Waals surface area (Å²) in [5.74, 6) is -0.878. The van der Waals surface area contributed by atoms with Gasteiger partial charge in [0.1, 0.15) is 23.6 Å². The zero-order valence-electron chi connectivity index (χ0n) is 21.3. The fourth-order valence-electron chi connectivity index (χ4n) is 6.03. The van der Waals surface area contributed by atoms with Gasteiger partial charge in [0.25, 0.3) is 0 Å². The van der Waals surface area contributed by atoms with Crippen LogP contribution in [0.5, 0.6) is 5.75 Å². The van der Waals surface area contributed by atoms with Crippen LogP contribution in [0.25, 0.3) is 0 Å². The van der Waals surface area contributed by atoms with Gasteiger partial charge in [0.2, 0.25) is 0 Å². The summed E-state index contributed by atoms with van der Waals surface area (Å²) >= 11 is 0. The second-order valence-corrected chi connectivity index (χ2v) is 10.5. The van der Waals surface area contributed by atoms with Crippen LogP contribution in [0.15, 0.2) is 40.5 Å². The number of benzene rings is 1. The molecule has 204 valence electrons. The lowest BCUT2D eigenvalue weighted by Gasteiger charge is -2.46. The van der Waals surface area contributed by atoms with Crippen molar-refractivity contribution in [2.45, 2.75) is 81.6 Å². The van der Waals surface area contributed by atoms with Crippen LogP contribution in [0.1, 0.15) is 49.0 Å². The number of methoxy groups -OCH3 is 1. The lowest BCUT2D eigenvalue weighted by molar-refractivity contribution is -0.241. The molecule has 11 heteroatoms. The minimum atomic E-state index is -1.93. The average molecular weight is 529 g/mol. The van der Waals surface area contributed by atoms with E-state index >= 15 is 0 Å². The maximum Gasteiger partial charge on any atom is 0.193 e. The molecule has 1 fully saturated rings. The van der Waals surface area contributed by atoms with Crippen LogP contribution in [0.2, 0.25) is 0 Å². The van der Waals surface area contributed by atoms with Gasteiger partial charge < -0.3 is 40.4 Å². The van der Waals surface area contributed by atoms with Crippen LogP contribution in [0, 0.1) is 5.41 Å². The Morgan fingerprint density at radius 2 is 1.92 bits per heavy atom. The van der Waals surface area contributed by atoms with E-state index in [0.717, 1.165) is 0 Å². The van der Waals surface area contributed by atoms with Crippen LogP contribution in [-0.4, -0.2) is 93.3 Å². The van der Waals surface area contributed by atoms with Crippen LogP contribution in [-0.2, 0) is 14.3 Å². The number of nitrogens with two attached hydrogens (primary N) is 1. The number of ether oxygens (including phenoxy) is 3. The quantitative estimate of drug-likeness (QED) is 0.288. The smallest absolute Gasteiger partial charge is 0.193 e. The number of hydrogen-bond acceptors (Lipinski definition) is 11. The number of aliphatic hydroxyl groups is 4. The first-order chi connectivity index (χ1) is 17.9. The van der Waals surface area contributed by atoms with E-state index in [4.69, 9.17) is 25.4 Å². The standard InChI is InChI=1S/C27H32N2O9/c1-10-23(31)14(28)7-17(37-10)38-16-9-27(35,11(2)30)8-13-19(16)26(34)20-21(25(13)33)24(32)12-5-4-6-15(36-3)18(12)22(20)29/h4-6,10,14,16-17,23,25-26,29,31,33-35H,7-9,28H2,1-3H3/t10-,14-,16-,17-,23+,25?,26?,27-/m0/s1. The van der Waals surface area contributed by atoms with Gasteiger partial charge >= 0.3 is 0 Å².